The first kappa shape index (κ1) is 27.2. The number of amides is 2. The number of nitrogens with zero attached hydrogens (tertiary/aromatic N) is 3. The van der Waals surface area contributed by atoms with Gasteiger partial charge >= 0.3 is 11.8 Å². The minimum Gasteiger partial charge on any atom is -0.453 e. The number of hydrogen-bond donors (Lipinski definition) is 2. The Kier molecular flexibility index (Phi) is 7.93. The Bertz CT molecular complexity index is 1500. The molecule has 2 aliphatic heterocycles. The standard InChI is InChI=1S/C24H22N4O8S3/c1-11-15(36-24(33)35-11)8-34-22(32)17-14(10-38-23-27-26-12(2)39-23)9-37-21-16(20(31)28(17)21)25-19(30)18(29)13-6-4-3-5-7-13/h3-7,16,18,21,29H,8-10H2,1-2H3,(H,25,30)/t16-,18?,21-/m0/s1. The van der Waals surface area contributed by atoms with E-state index in [-0.39, 0.29) is 23.8 Å². The maximum Gasteiger partial charge on any atom is 0.519 e. The largest absolute Gasteiger partial charge is 0.519 e. The topological polar surface area (TPSA) is 165 Å². The van der Waals surface area contributed by atoms with Crippen LogP contribution in [-0.2, 0) is 25.7 Å². The molecule has 204 valence electrons. The number of benzene rings is 1. The summed E-state index contributed by atoms with van der Waals surface area (Å²) in [5.41, 5.74) is 1.11. The van der Waals surface area contributed by atoms with Crippen LogP contribution >= 0.6 is 34.9 Å². The molecule has 0 radical (unpaired) electrons. The van der Waals surface area contributed by atoms with Gasteiger partial charge in [-0.15, -0.1) is 22.0 Å². The lowest BCUT2D eigenvalue weighted by Crippen LogP contribution is -2.71. The van der Waals surface area contributed by atoms with Crippen molar-refractivity contribution in [3.8, 4) is 0 Å². The number of rotatable bonds is 9. The van der Waals surface area contributed by atoms with Gasteiger partial charge in [-0.3, -0.25) is 14.5 Å². The number of esters is 1. The van der Waals surface area contributed by atoms with Gasteiger partial charge in [-0.1, -0.05) is 53.4 Å². The number of hydrogen-bond acceptors (Lipinski definition) is 13. The number of carbonyl (C=O) groups is 3. The third-order valence-electron chi connectivity index (χ3n) is 5.95. The Morgan fingerprint density at radius 2 is 2.00 bits per heavy atom. The van der Waals surface area contributed by atoms with E-state index in [0.29, 0.717) is 27.0 Å². The fourth-order valence-corrected chi connectivity index (χ4v) is 7.29. The average Bonchev–Trinajstić information content (AvgIpc) is 3.51. The van der Waals surface area contributed by atoms with Crippen LogP contribution in [0.2, 0.25) is 0 Å². The van der Waals surface area contributed by atoms with E-state index in [0.717, 1.165) is 5.01 Å². The summed E-state index contributed by atoms with van der Waals surface area (Å²) in [6.07, 6.45) is -1.45. The Morgan fingerprint density at radius 1 is 1.23 bits per heavy atom. The van der Waals surface area contributed by atoms with Gasteiger partial charge in [0.1, 0.15) is 22.1 Å². The van der Waals surface area contributed by atoms with Crippen LogP contribution in [0.4, 0.5) is 0 Å². The van der Waals surface area contributed by atoms with E-state index in [1.807, 2.05) is 6.92 Å². The zero-order valence-electron chi connectivity index (χ0n) is 20.6. The summed E-state index contributed by atoms with van der Waals surface area (Å²) in [6, 6.07) is 7.44. The molecule has 2 N–H and O–H groups in total. The minimum absolute atomic E-state index is 0.0610. The summed E-state index contributed by atoms with van der Waals surface area (Å²) in [5, 5.41) is 21.3. The van der Waals surface area contributed by atoms with Gasteiger partial charge in [-0.2, -0.15) is 0 Å². The summed E-state index contributed by atoms with van der Waals surface area (Å²) in [5.74, 6) is -1.93. The van der Waals surface area contributed by atoms with E-state index in [1.165, 1.54) is 46.7 Å². The molecular weight excluding hydrogens is 568 g/mol. The van der Waals surface area contributed by atoms with Crippen molar-refractivity contribution in [1.29, 1.82) is 0 Å². The van der Waals surface area contributed by atoms with Crippen LogP contribution < -0.4 is 11.1 Å². The van der Waals surface area contributed by atoms with E-state index in [2.05, 4.69) is 15.5 Å². The fraction of sp³-hybridized carbons (Fsp3) is 0.333. The van der Waals surface area contributed by atoms with E-state index < -0.39 is 41.1 Å². The monoisotopic (exact) mass is 590 g/mol. The molecule has 0 spiro atoms. The lowest BCUT2D eigenvalue weighted by molar-refractivity contribution is -0.154. The first-order valence-electron chi connectivity index (χ1n) is 11.6. The molecule has 15 heteroatoms. The molecule has 1 unspecified atom stereocenters. The van der Waals surface area contributed by atoms with Crippen LogP contribution in [0.3, 0.4) is 0 Å². The molecule has 1 fully saturated rings. The van der Waals surface area contributed by atoms with Crippen LogP contribution in [0.1, 0.15) is 28.2 Å². The van der Waals surface area contributed by atoms with Crippen molar-refractivity contribution in [3.05, 3.63) is 74.3 Å². The van der Waals surface area contributed by atoms with Gasteiger partial charge < -0.3 is 24.0 Å². The highest BCUT2D eigenvalue weighted by molar-refractivity contribution is 8.01. The molecule has 5 rings (SSSR count). The van der Waals surface area contributed by atoms with Gasteiger partial charge in [0, 0.05) is 11.5 Å². The zero-order chi connectivity index (χ0) is 27.7. The van der Waals surface area contributed by atoms with E-state index in [1.54, 1.807) is 30.3 Å². The van der Waals surface area contributed by atoms with Gasteiger partial charge in [0.2, 0.25) is 0 Å². The van der Waals surface area contributed by atoms with Crippen molar-refractivity contribution in [2.45, 2.75) is 42.3 Å². The smallest absolute Gasteiger partial charge is 0.453 e. The molecule has 0 aliphatic carbocycles. The van der Waals surface area contributed by atoms with Crippen molar-refractivity contribution in [1.82, 2.24) is 20.4 Å². The molecule has 1 saturated heterocycles. The molecule has 3 atom stereocenters. The van der Waals surface area contributed by atoms with Crippen molar-refractivity contribution in [2.24, 2.45) is 0 Å². The number of aromatic nitrogens is 2. The number of aliphatic hydroxyl groups excluding tert-OH is 1. The summed E-state index contributed by atoms with van der Waals surface area (Å²) >= 11 is 4.18. The SMILES string of the molecule is Cc1nnc(SCC2=C(C(=O)OCc3oc(=O)oc3C)N3C(=O)[C@H](NC(=O)C(O)c4ccccc4)[C@@H]3SC2)s1. The van der Waals surface area contributed by atoms with E-state index >= 15 is 0 Å². The van der Waals surface area contributed by atoms with Gasteiger partial charge in [0.15, 0.2) is 28.6 Å². The quantitative estimate of drug-likeness (QED) is 0.212. The van der Waals surface area contributed by atoms with Gasteiger partial charge in [-0.05, 0) is 25.0 Å². The van der Waals surface area contributed by atoms with Crippen molar-refractivity contribution in [2.75, 3.05) is 11.5 Å². The number of β-lactam (4-membered cyclic amide) rings is 1. The van der Waals surface area contributed by atoms with Crippen molar-refractivity contribution >= 4 is 52.6 Å². The second-order valence-corrected chi connectivity index (χ2v) is 12.1. The third-order valence-corrected chi connectivity index (χ3v) is 9.35. The molecular formula is C24H22N4O8S3. The highest BCUT2D eigenvalue weighted by atomic mass is 32.2. The number of carbonyl (C=O) groups excluding carboxylic acids is 3. The highest BCUT2D eigenvalue weighted by Gasteiger charge is 2.54. The van der Waals surface area contributed by atoms with Crippen molar-refractivity contribution < 1.29 is 33.1 Å². The number of aliphatic hydroxyl groups is 1. The molecule has 12 nitrogen and oxygen atoms in total. The first-order valence-corrected chi connectivity index (χ1v) is 14.5. The number of ether oxygens (including phenoxy) is 1. The fourth-order valence-electron chi connectivity index (χ4n) is 3.99. The Labute approximate surface area is 233 Å². The van der Waals surface area contributed by atoms with Crippen LogP contribution in [-0.4, -0.2) is 60.9 Å². The number of nitrogens with one attached hydrogen (secondary N) is 1. The molecule has 0 bridgehead atoms. The molecule has 4 heterocycles. The lowest BCUT2D eigenvalue weighted by Gasteiger charge is -2.49. The number of aryl methyl sites for hydroxylation is 2. The second-order valence-electron chi connectivity index (χ2n) is 8.55. The normalized spacial score (nSPS) is 19.4. The molecule has 2 aliphatic rings. The number of thioether (sulfide) groups is 2. The summed E-state index contributed by atoms with van der Waals surface area (Å²) in [7, 11) is 0. The lowest BCUT2D eigenvalue weighted by atomic mass is 10.0. The summed E-state index contributed by atoms with van der Waals surface area (Å²) < 4.78 is 15.8. The van der Waals surface area contributed by atoms with Crippen LogP contribution in [0.25, 0.3) is 0 Å². The number of fused-ring (bicyclic) bond motifs is 1. The average molecular weight is 591 g/mol. The highest BCUT2D eigenvalue weighted by Crippen LogP contribution is 2.42. The van der Waals surface area contributed by atoms with Crippen molar-refractivity contribution in [3.63, 3.8) is 0 Å². The molecule has 2 amide bonds. The summed E-state index contributed by atoms with van der Waals surface area (Å²) in [6.45, 7) is 2.98. The molecule has 0 saturated carbocycles. The predicted molar refractivity (Wildman–Crippen MR) is 141 cm³/mol. The van der Waals surface area contributed by atoms with Crippen LogP contribution in [0, 0.1) is 13.8 Å². The van der Waals surface area contributed by atoms with E-state index in [4.69, 9.17) is 13.6 Å². The van der Waals surface area contributed by atoms with Crippen LogP contribution in [0.15, 0.2) is 59.6 Å². The minimum atomic E-state index is -1.45. The summed E-state index contributed by atoms with van der Waals surface area (Å²) in [4.78, 5) is 51.8. The Hall–Kier alpha value is -3.40. The Morgan fingerprint density at radius 3 is 2.67 bits per heavy atom. The third kappa shape index (κ3) is 5.66. The maximum absolute atomic E-state index is 13.3. The molecule has 2 aromatic heterocycles. The van der Waals surface area contributed by atoms with E-state index in [9.17, 15) is 24.3 Å². The maximum atomic E-state index is 13.3. The van der Waals surface area contributed by atoms with Gasteiger partial charge in [0.25, 0.3) is 11.8 Å². The first-order chi connectivity index (χ1) is 18.7. The molecule has 1 aromatic carbocycles. The molecule has 3 aromatic rings. The van der Waals surface area contributed by atoms with Gasteiger partial charge in [-0.25, -0.2) is 9.59 Å². The molecule has 39 heavy (non-hydrogen) atoms. The van der Waals surface area contributed by atoms with Gasteiger partial charge in [0.05, 0.1) is 0 Å². The zero-order valence-corrected chi connectivity index (χ0v) is 23.1. The Balaban J connectivity index is 1.34. The van der Waals surface area contributed by atoms with Crippen LogP contribution in [0.5, 0.6) is 0 Å². The predicted octanol–water partition coefficient (Wildman–Crippen LogP) is 1.92. The second kappa shape index (κ2) is 11.4.